The number of hydrogen-bond donors (Lipinski definition) is 1. The number of carboxylic acids is 1. The van der Waals surface area contributed by atoms with Crippen molar-refractivity contribution in [3.8, 4) is 5.75 Å². The van der Waals surface area contributed by atoms with Crippen molar-refractivity contribution in [1.29, 1.82) is 0 Å². The van der Waals surface area contributed by atoms with Gasteiger partial charge in [-0.25, -0.2) is 4.79 Å². The molecule has 2 aliphatic rings. The molecule has 2 fully saturated rings. The lowest BCUT2D eigenvalue weighted by molar-refractivity contribution is 0.0695. The second-order valence-electron chi connectivity index (χ2n) is 5.59. The maximum atomic E-state index is 10.9. The first kappa shape index (κ1) is 11.6. The van der Waals surface area contributed by atoms with Gasteiger partial charge in [-0.2, -0.15) is 0 Å². The van der Waals surface area contributed by atoms with Crippen molar-refractivity contribution in [3.63, 3.8) is 0 Å². The predicted octanol–water partition coefficient (Wildman–Crippen LogP) is 3.34. The Balaban J connectivity index is 1.69. The van der Waals surface area contributed by atoms with E-state index in [1.807, 2.05) is 6.07 Å². The summed E-state index contributed by atoms with van der Waals surface area (Å²) in [4.78, 5) is 10.9. The molecule has 3 heteroatoms. The second kappa shape index (κ2) is 4.63. The zero-order valence-corrected chi connectivity index (χ0v) is 10.3. The number of aromatic carboxylic acids is 1. The Bertz CT molecular complexity index is 443. The molecule has 1 unspecified atom stereocenters. The van der Waals surface area contributed by atoms with Crippen LogP contribution in [0.3, 0.4) is 0 Å². The first-order chi connectivity index (χ1) is 8.70. The summed E-state index contributed by atoms with van der Waals surface area (Å²) < 4.78 is 5.96. The Morgan fingerprint density at radius 3 is 2.56 bits per heavy atom. The molecule has 1 aromatic rings. The molecule has 0 heterocycles. The molecule has 3 atom stereocenters. The average Bonchev–Trinajstić information content (AvgIpc) is 2.69. The lowest BCUT2D eigenvalue weighted by Crippen LogP contribution is -2.26. The number of carbonyl (C=O) groups is 1. The monoisotopic (exact) mass is 246 g/mol. The van der Waals surface area contributed by atoms with E-state index in [1.165, 1.54) is 19.3 Å². The van der Waals surface area contributed by atoms with Gasteiger partial charge in [0.1, 0.15) is 5.75 Å². The summed E-state index contributed by atoms with van der Waals surface area (Å²) in [5.74, 6) is 1.46. The lowest BCUT2D eigenvalue weighted by Gasteiger charge is -2.28. The summed E-state index contributed by atoms with van der Waals surface area (Å²) >= 11 is 0. The molecule has 2 bridgehead atoms. The van der Waals surface area contributed by atoms with Crippen molar-refractivity contribution in [3.05, 3.63) is 29.8 Å². The molecule has 2 aliphatic carbocycles. The van der Waals surface area contributed by atoms with E-state index in [9.17, 15) is 4.79 Å². The van der Waals surface area contributed by atoms with Gasteiger partial charge in [-0.3, -0.25) is 0 Å². The molecule has 0 saturated heterocycles. The molecule has 0 aromatic heterocycles. The van der Waals surface area contributed by atoms with Crippen LogP contribution in [0, 0.1) is 11.8 Å². The van der Waals surface area contributed by atoms with Crippen molar-refractivity contribution < 1.29 is 14.6 Å². The third-order valence-corrected chi connectivity index (χ3v) is 4.23. The van der Waals surface area contributed by atoms with E-state index in [-0.39, 0.29) is 6.10 Å². The fourth-order valence-corrected chi connectivity index (χ4v) is 3.44. The van der Waals surface area contributed by atoms with Gasteiger partial charge in [0.05, 0.1) is 11.7 Å². The highest BCUT2D eigenvalue weighted by Crippen LogP contribution is 2.43. The van der Waals surface area contributed by atoms with Crippen molar-refractivity contribution in [2.75, 3.05) is 0 Å². The highest BCUT2D eigenvalue weighted by molar-refractivity contribution is 5.87. The van der Waals surface area contributed by atoms with Gasteiger partial charge in [0.2, 0.25) is 0 Å². The minimum Gasteiger partial charge on any atom is -0.490 e. The van der Waals surface area contributed by atoms with E-state index in [2.05, 4.69) is 0 Å². The van der Waals surface area contributed by atoms with E-state index < -0.39 is 5.97 Å². The van der Waals surface area contributed by atoms with Crippen LogP contribution in [-0.4, -0.2) is 17.2 Å². The van der Waals surface area contributed by atoms with Crippen LogP contribution in [-0.2, 0) is 0 Å². The van der Waals surface area contributed by atoms with Crippen LogP contribution in [0.1, 0.15) is 42.5 Å². The van der Waals surface area contributed by atoms with Gasteiger partial charge in [0, 0.05) is 0 Å². The number of benzene rings is 1. The van der Waals surface area contributed by atoms with Crippen molar-refractivity contribution >= 4 is 5.97 Å². The van der Waals surface area contributed by atoms with Gasteiger partial charge >= 0.3 is 5.97 Å². The minimum atomic E-state index is -0.899. The maximum absolute atomic E-state index is 10.9. The standard InChI is InChI=1S/C15H18O3/c16-15(17)12-2-1-3-13(9-12)18-14-7-10-4-5-11(6-10)8-14/h1-3,9-11,14H,4-8H2,(H,16,17)/t10-,11+,14?. The fraction of sp³-hybridized carbons (Fsp3) is 0.533. The molecule has 0 spiro atoms. The molecule has 1 N–H and O–H groups in total. The molecule has 0 radical (unpaired) electrons. The third kappa shape index (κ3) is 2.35. The van der Waals surface area contributed by atoms with Crippen molar-refractivity contribution in [2.24, 2.45) is 11.8 Å². The third-order valence-electron chi connectivity index (χ3n) is 4.23. The molecule has 0 amide bonds. The topological polar surface area (TPSA) is 46.5 Å². The number of rotatable bonds is 3. The van der Waals surface area contributed by atoms with Gasteiger partial charge < -0.3 is 9.84 Å². The van der Waals surface area contributed by atoms with E-state index in [4.69, 9.17) is 9.84 Å². The second-order valence-corrected chi connectivity index (χ2v) is 5.59. The quantitative estimate of drug-likeness (QED) is 0.889. The largest absolute Gasteiger partial charge is 0.490 e. The van der Waals surface area contributed by atoms with E-state index in [0.29, 0.717) is 11.3 Å². The van der Waals surface area contributed by atoms with Crippen LogP contribution in [0.25, 0.3) is 0 Å². The van der Waals surface area contributed by atoms with Crippen molar-refractivity contribution in [1.82, 2.24) is 0 Å². The predicted molar refractivity (Wildman–Crippen MR) is 67.9 cm³/mol. The highest BCUT2D eigenvalue weighted by atomic mass is 16.5. The van der Waals surface area contributed by atoms with Gasteiger partial charge in [-0.05, 0) is 49.3 Å². The summed E-state index contributed by atoms with van der Waals surface area (Å²) in [5.41, 5.74) is 0.297. The van der Waals surface area contributed by atoms with E-state index >= 15 is 0 Å². The molecule has 2 saturated carbocycles. The fourth-order valence-electron chi connectivity index (χ4n) is 3.44. The number of ether oxygens (including phenoxy) is 1. The molecule has 0 aliphatic heterocycles. The van der Waals surface area contributed by atoms with Gasteiger partial charge in [0.25, 0.3) is 0 Å². The van der Waals surface area contributed by atoms with Crippen LogP contribution in [0.2, 0.25) is 0 Å². The summed E-state index contributed by atoms with van der Waals surface area (Å²) in [7, 11) is 0. The smallest absolute Gasteiger partial charge is 0.335 e. The molecular weight excluding hydrogens is 228 g/mol. The maximum Gasteiger partial charge on any atom is 0.335 e. The Morgan fingerprint density at radius 1 is 1.17 bits per heavy atom. The first-order valence-electron chi connectivity index (χ1n) is 6.70. The summed E-state index contributed by atoms with van der Waals surface area (Å²) in [6.07, 6.45) is 6.61. The summed E-state index contributed by atoms with van der Waals surface area (Å²) in [5, 5.41) is 8.95. The first-order valence-corrected chi connectivity index (χ1v) is 6.70. The number of carboxylic acid groups (broad SMARTS) is 1. The van der Waals surface area contributed by atoms with Crippen molar-refractivity contribution in [2.45, 2.75) is 38.2 Å². The molecule has 96 valence electrons. The Hall–Kier alpha value is -1.51. The van der Waals surface area contributed by atoms with Gasteiger partial charge in [0.15, 0.2) is 0 Å². The van der Waals surface area contributed by atoms with E-state index in [1.54, 1.807) is 18.2 Å². The van der Waals surface area contributed by atoms with Crippen LogP contribution in [0.15, 0.2) is 24.3 Å². The Labute approximate surface area is 107 Å². The summed E-state index contributed by atoms with van der Waals surface area (Å²) in [6.45, 7) is 0. The highest BCUT2D eigenvalue weighted by Gasteiger charge is 2.35. The van der Waals surface area contributed by atoms with Crippen LogP contribution in [0.5, 0.6) is 5.75 Å². The van der Waals surface area contributed by atoms with Gasteiger partial charge in [-0.15, -0.1) is 0 Å². The molecular formula is C15H18O3. The lowest BCUT2D eigenvalue weighted by atomic mass is 9.87. The van der Waals surface area contributed by atoms with Gasteiger partial charge in [-0.1, -0.05) is 18.9 Å². The molecule has 18 heavy (non-hydrogen) atoms. The molecule has 3 rings (SSSR count). The number of hydrogen-bond acceptors (Lipinski definition) is 2. The van der Waals surface area contributed by atoms with Crippen LogP contribution < -0.4 is 4.74 Å². The SMILES string of the molecule is O=C(O)c1cccc(OC2C[C@H]3CC[C@@H](C2)C3)c1. The average molecular weight is 246 g/mol. The summed E-state index contributed by atoms with van der Waals surface area (Å²) in [6, 6.07) is 6.82. The number of fused-ring (bicyclic) bond motifs is 2. The Kier molecular flexibility index (Phi) is 2.98. The minimum absolute atomic E-state index is 0.278. The zero-order valence-electron chi connectivity index (χ0n) is 10.3. The molecule has 3 nitrogen and oxygen atoms in total. The van der Waals surface area contributed by atoms with Crippen LogP contribution in [0.4, 0.5) is 0 Å². The van der Waals surface area contributed by atoms with Crippen LogP contribution >= 0.6 is 0 Å². The Morgan fingerprint density at radius 2 is 1.89 bits per heavy atom. The molecule has 1 aromatic carbocycles. The van der Waals surface area contributed by atoms with E-state index in [0.717, 1.165) is 24.7 Å². The normalized spacial score (nSPS) is 30.1. The zero-order chi connectivity index (χ0) is 12.5.